The van der Waals surface area contributed by atoms with Crippen molar-refractivity contribution in [3.8, 4) is 5.75 Å². The first-order valence-electron chi connectivity index (χ1n) is 6.05. The Kier molecular flexibility index (Phi) is 4.76. The van der Waals surface area contributed by atoms with Crippen molar-refractivity contribution in [1.82, 2.24) is 0 Å². The summed E-state index contributed by atoms with van der Waals surface area (Å²) in [7, 11) is 0. The van der Waals surface area contributed by atoms with Crippen molar-refractivity contribution in [3.63, 3.8) is 0 Å². The summed E-state index contributed by atoms with van der Waals surface area (Å²) in [6.07, 6.45) is 0. The SMILES string of the molecule is CCOc1cccc(C(N)c2ccc(F)cc2I)c1. The lowest BCUT2D eigenvalue weighted by atomic mass is 9.99. The summed E-state index contributed by atoms with van der Waals surface area (Å²) in [4.78, 5) is 0. The highest BCUT2D eigenvalue weighted by Crippen LogP contribution is 2.27. The fourth-order valence-electron chi connectivity index (χ4n) is 1.90. The number of hydrogen-bond donors (Lipinski definition) is 1. The van der Waals surface area contributed by atoms with Gasteiger partial charge in [0.1, 0.15) is 11.6 Å². The van der Waals surface area contributed by atoms with Gasteiger partial charge in [-0.3, -0.25) is 0 Å². The molecule has 2 rings (SSSR count). The molecule has 100 valence electrons. The second-order valence-corrected chi connectivity index (χ2v) is 5.31. The van der Waals surface area contributed by atoms with E-state index in [0.717, 1.165) is 20.4 Å². The van der Waals surface area contributed by atoms with Crippen LogP contribution in [0.5, 0.6) is 5.75 Å². The average molecular weight is 371 g/mol. The summed E-state index contributed by atoms with van der Waals surface area (Å²) in [6, 6.07) is 12.1. The molecule has 0 fully saturated rings. The van der Waals surface area contributed by atoms with E-state index in [-0.39, 0.29) is 11.9 Å². The standard InChI is InChI=1S/C15H15FINO/c1-2-19-12-5-3-4-10(8-12)15(18)13-7-6-11(16)9-14(13)17/h3-9,15H,2,18H2,1H3. The molecule has 0 radical (unpaired) electrons. The molecule has 0 spiro atoms. The lowest BCUT2D eigenvalue weighted by molar-refractivity contribution is 0.340. The summed E-state index contributed by atoms with van der Waals surface area (Å²) in [5.41, 5.74) is 8.12. The highest BCUT2D eigenvalue weighted by Gasteiger charge is 2.13. The van der Waals surface area contributed by atoms with Gasteiger partial charge in [-0.25, -0.2) is 4.39 Å². The van der Waals surface area contributed by atoms with Crippen LogP contribution < -0.4 is 10.5 Å². The maximum Gasteiger partial charge on any atom is 0.124 e. The molecular weight excluding hydrogens is 356 g/mol. The second-order valence-electron chi connectivity index (χ2n) is 4.15. The Morgan fingerprint density at radius 2 is 2.05 bits per heavy atom. The summed E-state index contributed by atoms with van der Waals surface area (Å²) >= 11 is 2.10. The van der Waals surface area contributed by atoms with E-state index in [2.05, 4.69) is 22.6 Å². The molecule has 0 aliphatic carbocycles. The minimum Gasteiger partial charge on any atom is -0.494 e. The number of ether oxygens (including phenoxy) is 1. The van der Waals surface area contributed by atoms with Gasteiger partial charge in [0.2, 0.25) is 0 Å². The van der Waals surface area contributed by atoms with Gasteiger partial charge in [0.15, 0.2) is 0 Å². The van der Waals surface area contributed by atoms with E-state index in [9.17, 15) is 4.39 Å². The van der Waals surface area contributed by atoms with Gasteiger partial charge in [-0.2, -0.15) is 0 Å². The van der Waals surface area contributed by atoms with Gasteiger partial charge in [0.25, 0.3) is 0 Å². The van der Waals surface area contributed by atoms with Gasteiger partial charge in [-0.05, 0) is 64.9 Å². The molecule has 2 aromatic rings. The van der Waals surface area contributed by atoms with Gasteiger partial charge >= 0.3 is 0 Å². The van der Waals surface area contributed by atoms with E-state index in [4.69, 9.17) is 10.5 Å². The van der Waals surface area contributed by atoms with Crippen LogP contribution in [0.25, 0.3) is 0 Å². The van der Waals surface area contributed by atoms with Crippen molar-refractivity contribution in [1.29, 1.82) is 0 Å². The number of benzene rings is 2. The van der Waals surface area contributed by atoms with Crippen LogP contribution in [0.3, 0.4) is 0 Å². The zero-order chi connectivity index (χ0) is 13.8. The van der Waals surface area contributed by atoms with Crippen molar-refractivity contribution in [2.75, 3.05) is 6.61 Å². The minimum atomic E-state index is -0.284. The van der Waals surface area contributed by atoms with E-state index in [1.54, 1.807) is 6.07 Å². The summed E-state index contributed by atoms with van der Waals surface area (Å²) in [5, 5.41) is 0. The van der Waals surface area contributed by atoms with E-state index >= 15 is 0 Å². The summed E-state index contributed by atoms with van der Waals surface area (Å²) in [5.74, 6) is 0.552. The van der Waals surface area contributed by atoms with E-state index in [0.29, 0.717) is 6.61 Å². The molecule has 4 heteroatoms. The van der Waals surface area contributed by atoms with Crippen LogP contribution in [0.1, 0.15) is 24.1 Å². The van der Waals surface area contributed by atoms with Crippen LogP contribution >= 0.6 is 22.6 Å². The molecular formula is C15H15FINO. The Hall–Kier alpha value is -1.14. The molecule has 1 atom stereocenters. The zero-order valence-electron chi connectivity index (χ0n) is 10.6. The zero-order valence-corrected chi connectivity index (χ0v) is 12.7. The van der Waals surface area contributed by atoms with Gasteiger partial charge < -0.3 is 10.5 Å². The molecule has 2 aromatic carbocycles. The average Bonchev–Trinajstić information content (AvgIpc) is 2.39. The molecule has 19 heavy (non-hydrogen) atoms. The Morgan fingerprint density at radius 1 is 1.26 bits per heavy atom. The van der Waals surface area contributed by atoms with Crippen LogP contribution in [0, 0.1) is 9.39 Å². The lowest BCUT2D eigenvalue weighted by Gasteiger charge is -2.15. The highest BCUT2D eigenvalue weighted by molar-refractivity contribution is 14.1. The first-order valence-corrected chi connectivity index (χ1v) is 7.13. The van der Waals surface area contributed by atoms with E-state index in [1.165, 1.54) is 12.1 Å². The predicted octanol–water partition coefficient (Wildman–Crippen LogP) is 3.88. The van der Waals surface area contributed by atoms with Crippen molar-refractivity contribution in [2.24, 2.45) is 5.73 Å². The van der Waals surface area contributed by atoms with Crippen molar-refractivity contribution < 1.29 is 9.13 Å². The first kappa shape index (κ1) is 14.3. The number of halogens is 2. The largest absolute Gasteiger partial charge is 0.494 e. The molecule has 2 N–H and O–H groups in total. The van der Waals surface area contributed by atoms with Crippen molar-refractivity contribution in [3.05, 3.63) is 63.0 Å². The fraction of sp³-hybridized carbons (Fsp3) is 0.200. The lowest BCUT2D eigenvalue weighted by Crippen LogP contribution is -2.13. The molecule has 0 saturated heterocycles. The molecule has 1 unspecified atom stereocenters. The Bertz CT molecular complexity index is 574. The van der Waals surface area contributed by atoms with Gasteiger partial charge in [0.05, 0.1) is 12.6 Å². The van der Waals surface area contributed by atoms with Gasteiger partial charge in [0, 0.05) is 3.57 Å². The van der Waals surface area contributed by atoms with Crippen LogP contribution in [0.15, 0.2) is 42.5 Å². The minimum absolute atomic E-state index is 0.247. The smallest absolute Gasteiger partial charge is 0.124 e. The molecule has 0 aliphatic heterocycles. The third kappa shape index (κ3) is 3.45. The first-order chi connectivity index (χ1) is 9.11. The Balaban J connectivity index is 2.32. The molecule has 0 bridgehead atoms. The Labute approximate surface area is 125 Å². The number of hydrogen-bond acceptors (Lipinski definition) is 2. The summed E-state index contributed by atoms with van der Waals surface area (Å²) in [6.45, 7) is 2.56. The normalized spacial score (nSPS) is 12.2. The van der Waals surface area contributed by atoms with Gasteiger partial charge in [-0.15, -0.1) is 0 Å². The number of rotatable bonds is 4. The molecule has 0 amide bonds. The third-order valence-electron chi connectivity index (χ3n) is 2.83. The van der Waals surface area contributed by atoms with Crippen LogP contribution in [0.2, 0.25) is 0 Å². The summed E-state index contributed by atoms with van der Waals surface area (Å²) < 4.78 is 19.4. The van der Waals surface area contributed by atoms with E-state index < -0.39 is 0 Å². The molecule has 2 nitrogen and oxygen atoms in total. The van der Waals surface area contributed by atoms with Crippen molar-refractivity contribution >= 4 is 22.6 Å². The topological polar surface area (TPSA) is 35.2 Å². The van der Waals surface area contributed by atoms with Crippen LogP contribution in [0.4, 0.5) is 4.39 Å². The fourth-order valence-corrected chi connectivity index (χ4v) is 2.71. The maximum atomic E-state index is 13.1. The molecule has 0 heterocycles. The van der Waals surface area contributed by atoms with E-state index in [1.807, 2.05) is 31.2 Å². The molecule has 0 saturated carbocycles. The second kappa shape index (κ2) is 6.34. The van der Waals surface area contributed by atoms with Crippen LogP contribution in [-0.4, -0.2) is 6.61 Å². The monoisotopic (exact) mass is 371 g/mol. The Morgan fingerprint density at radius 3 is 2.74 bits per heavy atom. The number of nitrogens with two attached hydrogens (primary N) is 1. The van der Waals surface area contributed by atoms with Crippen molar-refractivity contribution in [2.45, 2.75) is 13.0 Å². The highest BCUT2D eigenvalue weighted by atomic mass is 127. The quantitative estimate of drug-likeness (QED) is 0.829. The van der Waals surface area contributed by atoms with Crippen LogP contribution in [-0.2, 0) is 0 Å². The predicted molar refractivity (Wildman–Crippen MR) is 82.8 cm³/mol. The van der Waals surface area contributed by atoms with Gasteiger partial charge in [-0.1, -0.05) is 18.2 Å². The maximum absolute atomic E-state index is 13.1. The molecule has 0 aliphatic rings. The molecule has 0 aromatic heterocycles. The third-order valence-corrected chi connectivity index (χ3v) is 3.76.